The molecule has 1 saturated heterocycles. The number of ether oxygens (including phenoxy) is 1. The molecule has 174 valence electrons. The van der Waals surface area contributed by atoms with Crippen molar-refractivity contribution >= 4 is 55.7 Å². The molecule has 2 N–H and O–H groups in total. The number of anilines is 1. The van der Waals surface area contributed by atoms with Crippen LogP contribution in [0.15, 0.2) is 58.8 Å². The van der Waals surface area contributed by atoms with Crippen molar-refractivity contribution in [2.75, 3.05) is 11.9 Å². The molecule has 1 aliphatic heterocycles. The van der Waals surface area contributed by atoms with Crippen LogP contribution >= 0.6 is 34.5 Å². The second-order valence-electron chi connectivity index (χ2n) is 7.21. The Kier molecular flexibility index (Phi) is 7.40. The van der Waals surface area contributed by atoms with Crippen molar-refractivity contribution in [3.63, 3.8) is 0 Å². The fraction of sp³-hybridized carbons (Fsp3) is 0.238. The minimum absolute atomic E-state index is 0.131. The molecule has 33 heavy (non-hydrogen) atoms. The number of benzene rings is 2. The van der Waals surface area contributed by atoms with E-state index in [0.717, 1.165) is 0 Å². The lowest BCUT2D eigenvalue weighted by molar-refractivity contribution is 0.240. The summed E-state index contributed by atoms with van der Waals surface area (Å²) >= 11 is 13.0. The van der Waals surface area contributed by atoms with Crippen molar-refractivity contribution in [1.29, 1.82) is 0 Å². The summed E-state index contributed by atoms with van der Waals surface area (Å²) in [6, 6.07) is 12.4. The Morgan fingerprint density at radius 3 is 2.48 bits per heavy atom. The fourth-order valence-corrected chi connectivity index (χ4v) is 5.87. The first-order valence-electron chi connectivity index (χ1n) is 9.99. The predicted molar refractivity (Wildman–Crippen MR) is 128 cm³/mol. The lowest BCUT2D eigenvalue weighted by atomic mass is 10.3. The highest BCUT2D eigenvalue weighted by Crippen LogP contribution is 2.26. The van der Waals surface area contributed by atoms with E-state index >= 15 is 0 Å². The highest BCUT2D eigenvalue weighted by atomic mass is 35.5. The topological polar surface area (TPSA) is 101 Å². The highest BCUT2D eigenvalue weighted by Gasteiger charge is 2.36. The van der Waals surface area contributed by atoms with Crippen LogP contribution in [0, 0.1) is 0 Å². The van der Waals surface area contributed by atoms with E-state index < -0.39 is 22.2 Å². The van der Waals surface area contributed by atoms with Gasteiger partial charge in [-0.1, -0.05) is 23.2 Å². The molecule has 4 rings (SSSR count). The average molecular weight is 527 g/mol. The molecule has 2 amide bonds. The summed E-state index contributed by atoms with van der Waals surface area (Å²) in [7, 11) is -3.76. The van der Waals surface area contributed by atoms with Crippen molar-refractivity contribution in [2.24, 2.45) is 0 Å². The second-order valence-corrected chi connectivity index (χ2v) is 10.8. The van der Waals surface area contributed by atoms with Gasteiger partial charge in [-0.25, -0.2) is 18.2 Å². The summed E-state index contributed by atoms with van der Waals surface area (Å²) < 4.78 is 32.9. The van der Waals surface area contributed by atoms with E-state index in [4.69, 9.17) is 27.9 Å². The van der Waals surface area contributed by atoms with Gasteiger partial charge in [0.1, 0.15) is 12.4 Å². The Hall–Kier alpha value is -2.37. The molecule has 1 atom stereocenters. The zero-order valence-electron chi connectivity index (χ0n) is 17.2. The lowest BCUT2D eigenvalue weighted by Gasteiger charge is -2.24. The SMILES string of the molecule is O=C(Nc1nc(COc2ccc(Cl)cc2)cs1)NC1CCCN1S(=O)(=O)c1ccc(Cl)cc1. The molecule has 2 heterocycles. The normalized spacial score (nSPS) is 16.5. The minimum Gasteiger partial charge on any atom is -0.487 e. The first-order chi connectivity index (χ1) is 15.8. The van der Waals surface area contributed by atoms with Gasteiger partial charge >= 0.3 is 6.03 Å². The minimum atomic E-state index is -3.76. The number of nitrogens with zero attached hydrogens (tertiary/aromatic N) is 2. The van der Waals surface area contributed by atoms with E-state index in [9.17, 15) is 13.2 Å². The molecular formula is C21H20Cl2N4O4S2. The van der Waals surface area contributed by atoms with Crippen LogP contribution in [0.25, 0.3) is 0 Å². The van der Waals surface area contributed by atoms with Gasteiger partial charge in [-0.2, -0.15) is 4.31 Å². The molecule has 0 aliphatic carbocycles. The Balaban J connectivity index is 1.33. The summed E-state index contributed by atoms with van der Waals surface area (Å²) in [6.45, 7) is 0.552. The van der Waals surface area contributed by atoms with E-state index in [1.54, 1.807) is 29.6 Å². The largest absolute Gasteiger partial charge is 0.487 e. The quantitative estimate of drug-likeness (QED) is 0.453. The third-order valence-corrected chi connectivity index (χ3v) is 8.13. The maximum absolute atomic E-state index is 13.0. The number of rotatable bonds is 7. The number of hydrogen-bond donors (Lipinski definition) is 2. The first-order valence-corrected chi connectivity index (χ1v) is 13.1. The maximum atomic E-state index is 13.0. The highest BCUT2D eigenvalue weighted by molar-refractivity contribution is 7.89. The Morgan fingerprint density at radius 1 is 1.12 bits per heavy atom. The zero-order chi connectivity index (χ0) is 23.4. The van der Waals surface area contributed by atoms with Crippen molar-refractivity contribution in [1.82, 2.24) is 14.6 Å². The Morgan fingerprint density at radius 2 is 1.79 bits per heavy atom. The van der Waals surface area contributed by atoms with Gasteiger partial charge in [0.2, 0.25) is 10.0 Å². The molecule has 0 saturated carbocycles. The van der Waals surface area contributed by atoms with Crippen molar-refractivity contribution < 1.29 is 17.9 Å². The third kappa shape index (κ3) is 5.96. The average Bonchev–Trinajstić information content (AvgIpc) is 3.43. The van der Waals surface area contributed by atoms with Crippen LogP contribution in [0.4, 0.5) is 9.93 Å². The Bertz CT molecular complexity index is 1220. The van der Waals surface area contributed by atoms with E-state index in [1.165, 1.54) is 39.9 Å². The molecule has 8 nitrogen and oxygen atoms in total. The summed E-state index contributed by atoms with van der Waals surface area (Å²) in [5.41, 5.74) is 0.651. The number of nitrogens with one attached hydrogen (secondary N) is 2. The third-order valence-electron chi connectivity index (χ3n) is 4.89. The van der Waals surface area contributed by atoms with Crippen LogP contribution in [0.1, 0.15) is 18.5 Å². The first kappa shape index (κ1) is 23.8. The Labute approximate surface area is 205 Å². The summed E-state index contributed by atoms with van der Waals surface area (Å²) in [4.78, 5) is 17.0. The summed E-state index contributed by atoms with van der Waals surface area (Å²) in [5, 5.41) is 8.62. The molecule has 3 aromatic rings. The summed E-state index contributed by atoms with van der Waals surface area (Å²) in [5.74, 6) is 0.655. The monoisotopic (exact) mass is 526 g/mol. The van der Waals surface area contributed by atoms with Crippen molar-refractivity contribution in [3.8, 4) is 5.75 Å². The van der Waals surface area contributed by atoms with E-state index in [0.29, 0.717) is 46.0 Å². The van der Waals surface area contributed by atoms with Crippen LogP contribution in [0.2, 0.25) is 10.0 Å². The van der Waals surface area contributed by atoms with Crippen molar-refractivity contribution in [3.05, 3.63) is 69.7 Å². The van der Waals surface area contributed by atoms with Gasteiger partial charge in [-0.15, -0.1) is 11.3 Å². The molecule has 1 fully saturated rings. The number of amides is 2. The fourth-order valence-electron chi connectivity index (χ4n) is 3.32. The number of urea groups is 1. The maximum Gasteiger partial charge on any atom is 0.322 e. The molecule has 0 bridgehead atoms. The number of carbonyl (C=O) groups excluding carboxylic acids is 1. The summed E-state index contributed by atoms with van der Waals surface area (Å²) in [6.07, 6.45) is 0.498. The smallest absolute Gasteiger partial charge is 0.322 e. The number of sulfonamides is 1. The van der Waals surface area contributed by atoms with Gasteiger partial charge in [-0.3, -0.25) is 5.32 Å². The van der Waals surface area contributed by atoms with Crippen molar-refractivity contribution in [2.45, 2.75) is 30.5 Å². The van der Waals surface area contributed by atoms with Crippen LogP contribution < -0.4 is 15.4 Å². The standard InChI is InChI=1S/C21H20Cl2N4O4S2/c22-14-3-7-17(8-4-14)31-12-16-13-32-21(24-16)26-20(28)25-19-2-1-11-27(19)33(29,30)18-9-5-15(23)6-10-18/h3-10,13,19H,1-2,11-12H2,(H2,24,25,26,28). The second kappa shape index (κ2) is 10.3. The molecule has 0 spiro atoms. The van der Waals surface area contributed by atoms with Crippen LogP contribution in [-0.2, 0) is 16.6 Å². The molecule has 1 aromatic heterocycles. The van der Waals surface area contributed by atoms with Gasteiger partial charge in [0, 0.05) is 22.0 Å². The van der Waals surface area contributed by atoms with E-state index in [2.05, 4.69) is 15.6 Å². The molecule has 0 radical (unpaired) electrons. The molecular weight excluding hydrogens is 507 g/mol. The number of aromatic nitrogens is 1. The van der Waals surface area contributed by atoms with E-state index in [-0.39, 0.29) is 11.5 Å². The van der Waals surface area contributed by atoms with Gasteiger partial charge in [0.05, 0.1) is 16.8 Å². The van der Waals surface area contributed by atoms with Crippen LogP contribution in [0.5, 0.6) is 5.75 Å². The van der Waals surface area contributed by atoms with Gasteiger partial charge in [0.15, 0.2) is 5.13 Å². The number of hydrogen-bond acceptors (Lipinski definition) is 6. The van der Waals surface area contributed by atoms with Gasteiger partial charge < -0.3 is 10.1 Å². The molecule has 12 heteroatoms. The number of halogens is 2. The molecule has 1 unspecified atom stereocenters. The van der Waals surface area contributed by atoms with Crippen LogP contribution in [0.3, 0.4) is 0 Å². The lowest BCUT2D eigenvalue weighted by Crippen LogP contribution is -2.48. The molecule has 2 aromatic carbocycles. The number of thiazole rings is 1. The predicted octanol–water partition coefficient (Wildman–Crippen LogP) is 4.96. The zero-order valence-corrected chi connectivity index (χ0v) is 20.3. The van der Waals surface area contributed by atoms with Gasteiger partial charge in [0.25, 0.3) is 0 Å². The van der Waals surface area contributed by atoms with E-state index in [1.807, 2.05) is 0 Å². The van der Waals surface area contributed by atoms with Crippen LogP contribution in [-0.4, -0.2) is 36.4 Å². The number of carbonyl (C=O) groups is 1. The van der Waals surface area contributed by atoms with Gasteiger partial charge in [-0.05, 0) is 61.4 Å². The molecule has 1 aliphatic rings.